The van der Waals surface area contributed by atoms with Crippen molar-refractivity contribution in [3.8, 4) is 5.69 Å². The number of fused-ring (bicyclic) bond motifs is 1. The fraction of sp³-hybridized carbons (Fsp3) is 0.333. The van der Waals surface area contributed by atoms with Gasteiger partial charge in [-0.3, -0.25) is 4.79 Å². The van der Waals surface area contributed by atoms with Crippen molar-refractivity contribution in [3.05, 3.63) is 42.9 Å². The van der Waals surface area contributed by atoms with Gasteiger partial charge in [0.1, 0.15) is 12.1 Å². The van der Waals surface area contributed by atoms with E-state index in [2.05, 4.69) is 20.0 Å². The van der Waals surface area contributed by atoms with Crippen LogP contribution < -0.4 is 4.90 Å². The van der Waals surface area contributed by atoms with Crippen molar-refractivity contribution in [2.45, 2.75) is 13.3 Å². The highest BCUT2D eigenvalue weighted by molar-refractivity contribution is 5.87. The molecule has 0 saturated carbocycles. The first-order chi connectivity index (χ1) is 12.2. The van der Waals surface area contributed by atoms with Gasteiger partial charge in [-0.2, -0.15) is 5.10 Å². The van der Waals surface area contributed by atoms with E-state index < -0.39 is 0 Å². The molecule has 1 aliphatic rings. The maximum absolute atomic E-state index is 11.6. The number of hydrogen-bond donors (Lipinski definition) is 0. The van der Waals surface area contributed by atoms with Gasteiger partial charge < -0.3 is 9.80 Å². The van der Waals surface area contributed by atoms with Crippen molar-refractivity contribution in [1.82, 2.24) is 24.6 Å². The minimum Gasteiger partial charge on any atom is -0.354 e. The average Bonchev–Trinajstić information content (AvgIpc) is 2.91. The van der Waals surface area contributed by atoms with Crippen molar-refractivity contribution >= 4 is 22.8 Å². The van der Waals surface area contributed by atoms with Crippen LogP contribution in [0.5, 0.6) is 0 Å². The molecule has 1 aromatic carbocycles. The zero-order chi connectivity index (χ0) is 17.2. The van der Waals surface area contributed by atoms with Crippen LogP contribution in [0.3, 0.4) is 0 Å². The molecular formula is C18H20N6O. The highest BCUT2D eigenvalue weighted by Crippen LogP contribution is 2.25. The minimum atomic E-state index is 0.131. The summed E-state index contributed by atoms with van der Waals surface area (Å²) in [6.07, 6.45) is 4.34. The quantitative estimate of drug-likeness (QED) is 0.715. The molecule has 7 nitrogen and oxygen atoms in total. The Bertz CT molecular complexity index is 891. The number of carbonyl (C=O) groups excluding carboxylic acids is 1. The number of carbonyl (C=O) groups is 1. The Kier molecular flexibility index (Phi) is 4.05. The van der Waals surface area contributed by atoms with E-state index in [0.29, 0.717) is 6.54 Å². The van der Waals surface area contributed by atoms with E-state index in [9.17, 15) is 4.79 Å². The molecule has 1 amide bonds. The molecule has 25 heavy (non-hydrogen) atoms. The summed E-state index contributed by atoms with van der Waals surface area (Å²) in [6.45, 7) is 4.77. The molecular weight excluding hydrogens is 316 g/mol. The van der Waals surface area contributed by atoms with E-state index >= 15 is 0 Å². The van der Waals surface area contributed by atoms with Gasteiger partial charge in [0.2, 0.25) is 5.91 Å². The molecule has 2 aromatic heterocycles. The highest BCUT2D eigenvalue weighted by atomic mass is 16.2. The molecule has 0 atom stereocenters. The van der Waals surface area contributed by atoms with Gasteiger partial charge in [-0.1, -0.05) is 18.2 Å². The van der Waals surface area contributed by atoms with Gasteiger partial charge in [-0.05, 0) is 18.6 Å². The lowest BCUT2D eigenvalue weighted by Crippen LogP contribution is -2.33. The summed E-state index contributed by atoms with van der Waals surface area (Å²) in [5.41, 5.74) is 1.77. The van der Waals surface area contributed by atoms with Crippen molar-refractivity contribution in [1.29, 1.82) is 0 Å². The van der Waals surface area contributed by atoms with Gasteiger partial charge in [0.05, 0.1) is 17.3 Å². The van der Waals surface area contributed by atoms with E-state index in [1.807, 2.05) is 46.1 Å². The fourth-order valence-electron chi connectivity index (χ4n) is 3.29. The van der Waals surface area contributed by atoms with Gasteiger partial charge in [0, 0.05) is 33.1 Å². The number of amides is 1. The van der Waals surface area contributed by atoms with E-state index in [1.54, 1.807) is 13.3 Å². The predicted molar refractivity (Wildman–Crippen MR) is 95.7 cm³/mol. The Labute approximate surface area is 145 Å². The highest BCUT2D eigenvalue weighted by Gasteiger charge is 2.20. The number of rotatable bonds is 2. The minimum absolute atomic E-state index is 0.131. The Balaban J connectivity index is 1.69. The number of nitrogens with zero attached hydrogens (tertiary/aromatic N) is 6. The number of aromatic nitrogens is 4. The lowest BCUT2D eigenvalue weighted by atomic mass is 10.3. The second-order valence-electron chi connectivity index (χ2n) is 6.17. The van der Waals surface area contributed by atoms with Gasteiger partial charge in [0.25, 0.3) is 0 Å². The van der Waals surface area contributed by atoms with Crippen molar-refractivity contribution in [2.24, 2.45) is 0 Å². The molecule has 0 unspecified atom stereocenters. The van der Waals surface area contributed by atoms with Crippen LogP contribution in [-0.4, -0.2) is 56.7 Å². The normalized spacial score (nSPS) is 15.4. The second-order valence-corrected chi connectivity index (χ2v) is 6.17. The number of para-hydroxylation sites is 1. The zero-order valence-corrected chi connectivity index (χ0v) is 14.2. The molecule has 128 valence electrons. The lowest BCUT2D eigenvalue weighted by Gasteiger charge is -2.22. The van der Waals surface area contributed by atoms with Crippen molar-refractivity contribution in [2.75, 3.05) is 31.1 Å². The molecule has 0 aliphatic carbocycles. The fourth-order valence-corrected chi connectivity index (χ4v) is 3.29. The SMILES string of the molecule is CC(=O)N1CCCN(c2ncnc3c2cnn3-c2ccccc2)CC1. The van der Waals surface area contributed by atoms with Crippen LogP contribution in [-0.2, 0) is 4.79 Å². The first-order valence-electron chi connectivity index (χ1n) is 8.48. The summed E-state index contributed by atoms with van der Waals surface area (Å²) in [7, 11) is 0. The monoisotopic (exact) mass is 336 g/mol. The smallest absolute Gasteiger partial charge is 0.219 e. The lowest BCUT2D eigenvalue weighted by molar-refractivity contribution is -0.128. The topological polar surface area (TPSA) is 67.2 Å². The standard InChI is InChI=1S/C18H20N6O/c1-14(25)22-8-5-9-23(11-10-22)17-16-12-21-24(18(16)20-13-19-17)15-6-3-2-4-7-15/h2-4,6-7,12-13H,5,8-11H2,1H3. The maximum Gasteiger partial charge on any atom is 0.219 e. The summed E-state index contributed by atoms with van der Waals surface area (Å²) >= 11 is 0. The number of hydrogen-bond acceptors (Lipinski definition) is 5. The van der Waals surface area contributed by atoms with Crippen molar-refractivity contribution < 1.29 is 4.79 Å². The van der Waals surface area contributed by atoms with E-state index in [1.165, 1.54) is 0 Å². The maximum atomic E-state index is 11.6. The van der Waals surface area contributed by atoms with Gasteiger partial charge >= 0.3 is 0 Å². The molecule has 1 saturated heterocycles. The summed E-state index contributed by atoms with van der Waals surface area (Å²) in [6, 6.07) is 9.95. The van der Waals surface area contributed by atoms with E-state index in [4.69, 9.17) is 0 Å². The van der Waals surface area contributed by atoms with Crippen LogP contribution in [0.4, 0.5) is 5.82 Å². The van der Waals surface area contributed by atoms with Gasteiger partial charge in [0.15, 0.2) is 5.65 Å². The number of benzene rings is 1. The van der Waals surface area contributed by atoms with Crippen LogP contribution in [0.25, 0.3) is 16.7 Å². The molecule has 3 heterocycles. The van der Waals surface area contributed by atoms with Crippen LogP contribution in [0.15, 0.2) is 42.9 Å². The largest absolute Gasteiger partial charge is 0.354 e. The molecule has 7 heteroatoms. The third kappa shape index (κ3) is 2.93. The Hall–Kier alpha value is -2.96. The first kappa shape index (κ1) is 15.6. The average molecular weight is 336 g/mol. The predicted octanol–water partition coefficient (Wildman–Crippen LogP) is 1.87. The summed E-state index contributed by atoms with van der Waals surface area (Å²) in [5, 5.41) is 5.44. The first-order valence-corrected chi connectivity index (χ1v) is 8.48. The van der Waals surface area contributed by atoms with Crippen molar-refractivity contribution in [3.63, 3.8) is 0 Å². The van der Waals surface area contributed by atoms with Gasteiger partial charge in [-0.25, -0.2) is 14.6 Å². The zero-order valence-electron chi connectivity index (χ0n) is 14.2. The van der Waals surface area contributed by atoms with E-state index in [0.717, 1.165) is 48.6 Å². The summed E-state index contributed by atoms with van der Waals surface area (Å²) in [5.74, 6) is 1.02. The molecule has 0 N–H and O–H groups in total. The molecule has 0 radical (unpaired) electrons. The molecule has 1 fully saturated rings. The molecule has 0 spiro atoms. The molecule has 1 aliphatic heterocycles. The summed E-state index contributed by atoms with van der Waals surface area (Å²) in [4.78, 5) is 24.7. The van der Waals surface area contributed by atoms with Crippen LogP contribution >= 0.6 is 0 Å². The molecule has 0 bridgehead atoms. The van der Waals surface area contributed by atoms with Gasteiger partial charge in [-0.15, -0.1) is 0 Å². The third-order valence-electron chi connectivity index (χ3n) is 4.59. The van der Waals surface area contributed by atoms with Crippen LogP contribution in [0.2, 0.25) is 0 Å². The third-order valence-corrected chi connectivity index (χ3v) is 4.59. The molecule has 4 rings (SSSR count). The summed E-state index contributed by atoms with van der Waals surface area (Å²) < 4.78 is 1.83. The Morgan fingerprint density at radius 1 is 1.04 bits per heavy atom. The Morgan fingerprint density at radius 2 is 1.88 bits per heavy atom. The molecule has 3 aromatic rings. The second kappa shape index (κ2) is 6.51. The van der Waals surface area contributed by atoms with Crippen LogP contribution in [0, 0.1) is 0 Å². The Morgan fingerprint density at radius 3 is 2.68 bits per heavy atom. The van der Waals surface area contributed by atoms with E-state index in [-0.39, 0.29) is 5.91 Å². The number of anilines is 1. The van der Waals surface area contributed by atoms with Crippen LogP contribution in [0.1, 0.15) is 13.3 Å².